The van der Waals surface area contributed by atoms with E-state index < -0.39 is 5.82 Å². The quantitative estimate of drug-likeness (QED) is 0.259. The second-order valence-electron chi connectivity index (χ2n) is 9.07. The van der Waals surface area contributed by atoms with Gasteiger partial charge in [0.2, 0.25) is 5.91 Å². The summed E-state index contributed by atoms with van der Waals surface area (Å²) in [6.07, 6.45) is 8.38. The molecule has 0 aromatic carbocycles. The second-order valence-corrected chi connectivity index (χ2v) is 9.85. The fourth-order valence-corrected chi connectivity index (χ4v) is 4.90. The van der Waals surface area contributed by atoms with Gasteiger partial charge in [-0.25, -0.2) is 9.37 Å². The molecule has 0 radical (unpaired) electrons. The Balaban J connectivity index is 1.42. The number of thiophene rings is 1. The Labute approximate surface area is 214 Å². The van der Waals surface area contributed by atoms with Crippen LogP contribution in [0.15, 0.2) is 53.9 Å². The first kappa shape index (κ1) is 22.9. The van der Waals surface area contributed by atoms with Crippen LogP contribution in [0.4, 0.5) is 10.1 Å². The maximum atomic E-state index is 16.0. The number of hydrogen-bond donors (Lipinski definition) is 3. The van der Waals surface area contributed by atoms with Crippen molar-refractivity contribution < 1.29 is 9.18 Å². The summed E-state index contributed by atoms with van der Waals surface area (Å²) in [5.41, 5.74) is 5.11. The van der Waals surface area contributed by atoms with Crippen LogP contribution in [-0.2, 0) is 4.79 Å². The summed E-state index contributed by atoms with van der Waals surface area (Å²) in [4.78, 5) is 33.0. The number of carbonyl (C=O) groups is 1. The zero-order chi connectivity index (χ0) is 25.5. The van der Waals surface area contributed by atoms with Crippen LogP contribution < -0.4 is 5.32 Å². The molecule has 6 aromatic rings. The van der Waals surface area contributed by atoms with Crippen molar-refractivity contribution in [3.63, 3.8) is 0 Å². The fourth-order valence-electron chi connectivity index (χ4n) is 4.24. The molecule has 0 bridgehead atoms. The first-order valence-electron chi connectivity index (χ1n) is 11.6. The molecule has 6 aromatic heterocycles. The lowest BCUT2D eigenvalue weighted by Crippen LogP contribution is -2.14. The van der Waals surface area contributed by atoms with Crippen molar-refractivity contribution in [3.05, 3.63) is 59.7 Å². The van der Waals surface area contributed by atoms with Crippen molar-refractivity contribution in [1.82, 2.24) is 35.1 Å². The molecule has 9 nitrogen and oxygen atoms in total. The number of nitrogens with one attached hydrogen (secondary N) is 3. The van der Waals surface area contributed by atoms with Crippen LogP contribution in [0, 0.1) is 11.7 Å². The standard InChI is InChI=1S/C26H21FN8OS/c1-13(2)5-20(36)31-16-6-15(7-28-8-16)23-22(27)21-18(11-30-23)34-35-25(21)26-32-19-10-29-9-17(24(19)33-26)14-3-4-37-12-14/h3-4,6-13H,5H2,1-2H3,(H,31,36)(H,32,33)(H,34,35). The molecule has 6 rings (SSSR count). The average molecular weight is 513 g/mol. The molecule has 0 saturated carbocycles. The molecule has 0 atom stereocenters. The van der Waals surface area contributed by atoms with Gasteiger partial charge in [-0.2, -0.15) is 16.4 Å². The molecular weight excluding hydrogens is 491 g/mol. The first-order valence-corrected chi connectivity index (χ1v) is 12.6. The average Bonchev–Trinajstić information content (AvgIpc) is 3.62. The van der Waals surface area contributed by atoms with Gasteiger partial charge in [-0.15, -0.1) is 0 Å². The SMILES string of the molecule is CC(C)CC(=O)Nc1cncc(-c2ncc3[nH]nc(-c4nc5c(-c6ccsc6)cncc5[nH]4)c3c2F)c1. The maximum absolute atomic E-state index is 16.0. The lowest BCUT2D eigenvalue weighted by atomic mass is 10.1. The number of aromatic nitrogens is 7. The molecule has 0 unspecified atom stereocenters. The molecule has 3 N–H and O–H groups in total. The number of aromatic amines is 2. The van der Waals surface area contributed by atoms with Crippen molar-refractivity contribution in [2.75, 3.05) is 5.32 Å². The summed E-state index contributed by atoms with van der Waals surface area (Å²) >= 11 is 1.59. The molecule has 0 aliphatic carbocycles. The normalized spacial score (nSPS) is 11.6. The number of anilines is 1. The topological polar surface area (TPSA) is 125 Å². The van der Waals surface area contributed by atoms with Crippen LogP contribution in [0.3, 0.4) is 0 Å². The van der Waals surface area contributed by atoms with Gasteiger partial charge in [0, 0.05) is 29.9 Å². The van der Waals surface area contributed by atoms with Gasteiger partial charge in [0.15, 0.2) is 11.6 Å². The van der Waals surface area contributed by atoms with E-state index >= 15 is 4.39 Å². The number of pyridine rings is 3. The van der Waals surface area contributed by atoms with E-state index in [0.717, 1.165) is 22.2 Å². The van der Waals surface area contributed by atoms with Crippen molar-refractivity contribution in [2.24, 2.45) is 5.92 Å². The van der Waals surface area contributed by atoms with Gasteiger partial charge in [0.05, 0.1) is 40.7 Å². The molecule has 1 amide bonds. The minimum atomic E-state index is -0.564. The lowest BCUT2D eigenvalue weighted by molar-refractivity contribution is -0.116. The Bertz CT molecular complexity index is 1760. The molecule has 0 fully saturated rings. The van der Waals surface area contributed by atoms with E-state index in [1.807, 2.05) is 30.7 Å². The van der Waals surface area contributed by atoms with Gasteiger partial charge in [-0.3, -0.25) is 24.8 Å². The molecule has 0 saturated heterocycles. The molecule has 37 heavy (non-hydrogen) atoms. The van der Waals surface area contributed by atoms with Crippen LogP contribution in [0.2, 0.25) is 0 Å². The van der Waals surface area contributed by atoms with Crippen molar-refractivity contribution in [3.8, 4) is 33.9 Å². The summed E-state index contributed by atoms with van der Waals surface area (Å²) in [7, 11) is 0. The van der Waals surface area contributed by atoms with Gasteiger partial charge in [0.1, 0.15) is 16.9 Å². The number of halogens is 1. The van der Waals surface area contributed by atoms with Crippen molar-refractivity contribution >= 4 is 44.9 Å². The smallest absolute Gasteiger partial charge is 0.224 e. The van der Waals surface area contributed by atoms with Gasteiger partial charge in [-0.1, -0.05) is 13.8 Å². The molecule has 0 aliphatic heterocycles. The predicted octanol–water partition coefficient (Wildman–Crippen LogP) is 5.81. The Morgan fingerprint density at radius 2 is 1.95 bits per heavy atom. The molecule has 6 heterocycles. The second kappa shape index (κ2) is 9.17. The van der Waals surface area contributed by atoms with Crippen LogP contribution in [-0.4, -0.2) is 41.0 Å². The number of carbonyl (C=O) groups excluding carboxylic acids is 1. The Kier molecular flexibility index (Phi) is 5.68. The number of fused-ring (bicyclic) bond motifs is 2. The van der Waals surface area contributed by atoms with Crippen molar-refractivity contribution in [1.29, 1.82) is 0 Å². The Hall–Kier alpha value is -4.51. The van der Waals surface area contributed by atoms with Gasteiger partial charge in [-0.05, 0) is 34.4 Å². The maximum Gasteiger partial charge on any atom is 0.224 e. The Morgan fingerprint density at radius 3 is 2.76 bits per heavy atom. The summed E-state index contributed by atoms with van der Waals surface area (Å²) < 4.78 is 16.0. The van der Waals surface area contributed by atoms with Crippen LogP contribution in [0.25, 0.3) is 55.8 Å². The van der Waals surface area contributed by atoms with E-state index in [9.17, 15) is 4.79 Å². The van der Waals surface area contributed by atoms with Crippen LogP contribution in [0.1, 0.15) is 20.3 Å². The van der Waals surface area contributed by atoms with Gasteiger partial charge in [0.25, 0.3) is 0 Å². The third-order valence-corrected chi connectivity index (χ3v) is 6.57. The van der Waals surface area contributed by atoms with Crippen LogP contribution >= 0.6 is 11.3 Å². The van der Waals surface area contributed by atoms with Gasteiger partial charge < -0.3 is 10.3 Å². The summed E-state index contributed by atoms with van der Waals surface area (Å²) in [5, 5.41) is 14.3. The largest absolute Gasteiger partial charge is 0.335 e. The molecular formula is C26H21FN8OS. The number of imidazole rings is 1. The van der Waals surface area contributed by atoms with E-state index in [0.29, 0.717) is 34.7 Å². The molecule has 11 heteroatoms. The number of amides is 1. The highest BCUT2D eigenvalue weighted by molar-refractivity contribution is 7.08. The zero-order valence-corrected chi connectivity index (χ0v) is 20.7. The highest BCUT2D eigenvalue weighted by Gasteiger charge is 2.21. The van der Waals surface area contributed by atoms with Crippen LogP contribution in [0.5, 0.6) is 0 Å². The van der Waals surface area contributed by atoms with Crippen molar-refractivity contribution in [2.45, 2.75) is 20.3 Å². The lowest BCUT2D eigenvalue weighted by Gasteiger charge is -2.09. The Morgan fingerprint density at radius 1 is 1.08 bits per heavy atom. The predicted molar refractivity (Wildman–Crippen MR) is 141 cm³/mol. The minimum absolute atomic E-state index is 0.0966. The first-order chi connectivity index (χ1) is 18.0. The monoisotopic (exact) mass is 512 g/mol. The fraction of sp³-hybridized carbons (Fsp3) is 0.154. The summed E-state index contributed by atoms with van der Waals surface area (Å²) in [6.45, 7) is 3.93. The molecule has 0 spiro atoms. The third-order valence-electron chi connectivity index (χ3n) is 5.88. The van der Waals surface area contributed by atoms with E-state index in [2.05, 4.69) is 35.5 Å². The van der Waals surface area contributed by atoms with E-state index in [4.69, 9.17) is 4.98 Å². The van der Waals surface area contributed by atoms with E-state index in [1.165, 1.54) is 18.6 Å². The number of H-pyrrole nitrogens is 2. The minimum Gasteiger partial charge on any atom is -0.335 e. The number of nitrogens with zero attached hydrogens (tertiary/aromatic N) is 5. The molecule has 0 aliphatic rings. The summed E-state index contributed by atoms with van der Waals surface area (Å²) in [6, 6.07) is 3.66. The number of hydrogen-bond acceptors (Lipinski definition) is 7. The highest BCUT2D eigenvalue weighted by atomic mass is 32.1. The third kappa shape index (κ3) is 4.23. The van der Waals surface area contributed by atoms with E-state index in [1.54, 1.807) is 29.8 Å². The van der Waals surface area contributed by atoms with E-state index in [-0.39, 0.29) is 22.9 Å². The number of rotatable bonds is 6. The zero-order valence-electron chi connectivity index (χ0n) is 19.9. The summed E-state index contributed by atoms with van der Waals surface area (Å²) in [5.74, 6) is -0.0661. The molecule has 184 valence electrons. The van der Waals surface area contributed by atoms with Gasteiger partial charge >= 0.3 is 0 Å². The highest BCUT2D eigenvalue weighted by Crippen LogP contribution is 2.34.